The minimum Gasteiger partial charge on any atom is -0.372 e. The van der Waals surface area contributed by atoms with Gasteiger partial charge in [0.2, 0.25) is 0 Å². The van der Waals surface area contributed by atoms with Gasteiger partial charge in [0.25, 0.3) is 0 Å². The first-order valence-electron chi connectivity index (χ1n) is 7.88. The monoisotopic (exact) mass is 275 g/mol. The second-order valence-corrected chi connectivity index (χ2v) is 6.16. The lowest BCUT2D eigenvalue weighted by Gasteiger charge is -2.29. The lowest BCUT2D eigenvalue weighted by Crippen LogP contribution is -2.35. The number of piperidine rings is 1. The molecule has 0 spiro atoms. The van der Waals surface area contributed by atoms with Crippen molar-refractivity contribution in [1.29, 1.82) is 0 Å². The topological polar surface area (TPSA) is 18.5 Å². The van der Waals surface area contributed by atoms with Gasteiger partial charge < -0.3 is 15.1 Å². The van der Waals surface area contributed by atoms with E-state index in [1.165, 1.54) is 43.6 Å². The van der Waals surface area contributed by atoms with Crippen LogP contribution in [0.2, 0.25) is 0 Å². The number of hydrogen-bond acceptors (Lipinski definition) is 3. The molecule has 0 amide bonds. The molecule has 0 aromatic heterocycles. The van der Waals surface area contributed by atoms with Crippen LogP contribution >= 0.6 is 0 Å². The molecule has 2 rings (SSSR count). The number of benzene rings is 1. The summed E-state index contributed by atoms with van der Waals surface area (Å²) in [5, 5.41) is 3.53. The van der Waals surface area contributed by atoms with Crippen LogP contribution in [0.5, 0.6) is 0 Å². The average Bonchev–Trinajstić information content (AvgIpc) is 2.48. The Bertz CT molecular complexity index is 380. The van der Waals surface area contributed by atoms with E-state index < -0.39 is 0 Å². The van der Waals surface area contributed by atoms with Crippen molar-refractivity contribution in [2.45, 2.75) is 38.8 Å². The summed E-state index contributed by atoms with van der Waals surface area (Å²) in [7, 11) is 4.25. The summed E-state index contributed by atoms with van der Waals surface area (Å²) in [6, 6.07) is 9.65. The minimum atomic E-state index is 0.572. The maximum absolute atomic E-state index is 3.53. The Morgan fingerprint density at radius 3 is 2.35 bits per heavy atom. The Labute approximate surface area is 124 Å². The van der Waals surface area contributed by atoms with Gasteiger partial charge in [-0.05, 0) is 58.0 Å². The van der Waals surface area contributed by atoms with Crippen molar-refractivity contribution in [2.24, 2.45) is 0 Å². The van der Waals surface area contributed by atoms with Gasteiger partial charge in [-0.3, -0.25) is 0 Å². The van der Waals surface area contributed by atoms with Gasteiger partial charge in [-0.15, -0.1) is 0 Å². The van der Waals surface area contributed by atoms with Crippen molar-refractivity contribution < 1.29 is 0 Å². The third-order valence-electron chi connectivity index (χ3n) is 4.31. The molecule has 112 valence electrons. The standard InChI is InChI=1S/C17H29N3/c1-15(19(2)3)13-18-14-16-7-9-17(10-8-16)20-11-5-4-6-12-20/h7-10,15,18H,4-6,11-14H2,1-3H3. The van der Waals surface area contributed by atoms with Crippen LogP contribution in [0.4, 0.5) is 5.69 Å². The Morgan fingerprint density at radius 2 is 1.75 bits per heavy atom. The summed E-state index contributed by atoms with van der Waals surface area (Å²) in [6.45, 7) is 6.67. The van der Waals surface area contributed by atoms with Gasteiger partial charge in [0.1, 0.15) is 0 Å². The van der Waals surface area contributed by atoms with Crippen molar-refractivity contribution in [2.75, 3.05) is 38.6 Å². The first-order valence-corrected chi connectivity index (χ1v) is 7.88. The molecular weight excluding hydrogens is 246 g/mol. The normalized spacial score (nSPS) is 17.5. The zero-order chi connectivity index (χ0) is 14.4. The Kier molecular flexibility index (Phi) is 5.86. The molecule has 1 aliphatic heterocycles. The molecule has 1 N–H and O–H groups in total. The van der Waals surface area contributed by atoms with Crippen LogP contribution in [0.25, 0.3) is 0 Å². The van der Waals surface area contributed by atoms with Crippen LogP contribution in [0, 0.1) is 0 Å². The predicted octanol–water partition coefficient (Wildman–Crippen LogP) is 2.72. The van der Waals surface area contributed by atoms with Crippen molar-refractivity contribution in [3.05, 3.63) is 29.8 Å². The van der Waals surface area contributed by atoms with Crippen LogP contribution in [-0.2, 0) is 6.54 Å². The first kappa shape index (κ1) is 15.3. The second kappa shape index (κ2) is 7.65. The van der Waals surface area contributed by atoms with Gasteiger partial charge in [-0.2, -0.15) is 0 Å². The van der Waals surface area contributed by atoms with Gasteiger partial charge in [-0.1, -0.05) is 12.1 Å². The molecule has 20 heavy (non-hydrogen) atoms. The third-order valence-corrected chi connectivity index (χ3v) is 4.31. The molecule has 3 heteroatoms. The van der Waals surface area contributed by atoms with E-state index in [0.29, 0.717) is 6.04 Å². The second-order valence-electron chi connectivity index (χ2n) is 6.16. The molecule has 0 saturated carbocycles. The predicted molar refractivity (Wildman–Crippen MR) is 87.4 cm³/mol. The quantitative estimate of drug-likeness (QED) is 0.861. The average molecular weight is 275 g/mol. The smallest absolute Gasteiger partial charge is 0.0366 e. The first-order chi connectivity index (χ1) is 9.66. The van der Waals surface area contributed by atoms with Gasteiger partial charge in [0.15, 0.2) is 0 Å². The number of nitrogens with zero attached hydrogens (tertiary/aromatic N) is 2. The van der Waals surface area contributed by atoms with Crippen molar-refractivity contribution in [3.8, 4) is 0 Å². The zero-order valence-electron chi connectivity index (χ0n) is 13.2. The van der Waals surface area contributed by atoms with E-state index in [2.05, 4.69) is 60.4 Å². The van der Waals surface area contributed by atoms with Gasteiger partial charge in [0, 0.05) is 37.9 Å². The molecule has 1 saturated heterocycles. The maximum atomic E-state index is 3.53. The summed E-state index contributed by atoms with van der Waals surface area (Å²) in [5.41, 5.74) is 2.76. The van der Waals surface area contributed by atoms with Crippen LogP contribution in [0.15, 0.2) is 24.3 Å². The number of likely N-dealkylation sites (N-methyl/N-ethyl adjacent to an activating group) is 1. The van der Waals surface area contributed by atoms with Crippen LogP contribution < -0.4 is 10.2 Å². The summed E-state index contributed by atoms with van der Waals surface area (Å²) in [4.78, 5) is 4.75. The van der Waals surface area contributed by atoms with Crippen molar-refractivity contribution in [3.63, 3.8) is 0 Å². The fourth-order valence-corrected chi connectivity index (χ4v) is 2.58. The van der Waals surface area contributed by atoms with Crippen LogP contribution in [0.1, 0.15) is 31.7 Å². The van der Waals surface area contributed by atoms with E-state index in [-0.39, 0.29) is 0 Å². The van der Waals surface area contributed by atoms with E-state index in [1.54, 1.807) is 0 Å². The molecule has 0 aliphatic carbocycles. The molecule has 1 fully saturated rings. The number of hydrogen-bond donors (Lipinski definition) is 1. The summed E-state index contributed by atoms with van der Waals surface area (Å²) in [6.07, 6.45) is 4.07. The molecule has 0 bridgehead atoms. The van der Waals surface area contributed by atoms with E-state index >= 15 is 0 Å². The molecule has 1 unspecified atom stereocenters. The lowest BCUT2D eigenvalue weighted by atomic mass is 10.1. The minimum absolute atomic E-state index is 0.572. The molecule has 1 aliphatic rings. The molecule has 1 aromatic rings. The highest BCUT2D eigenvalue weighted by Gasteiger charge is 2.10. The molecule has 1 aromatic carbocycles. The Balaban J connectivity index is 1.79. The zero-order valence-corrected chi connectivity index (χ0v) is 13.2. The van der Waals surface area contributed by atoms with Gasteiger partial charge in [0.05, 0.1) is 0 Å². The SMILES string of the molecule is CC(CNCc1ccc(N2CCCCC2)cc1)N(C)C. The highest BCUT2D eigenvalue weighted by molar-refractivity contribution is 5.47. The van der Waals surface area contributed by atoms with E-state index in [0.717, 1.165) is 13.1 Å². The summed E-state index contributed by atoms with van der Waals surface area (Å²) < 4.78 is 0. The maximum Gasteiger partial charge on any atom is 0.0366 e. The Hall–Kier alpha value is -1.06. The molecular formula is C17H29N3. The van der Waals surface area contributed by atoms with Crippen LogP contribution in [0.3, 0.4) is 0 Å². The fourth-order valence-electron chi connectivity index (χ4n) is 2.58. The van der Waals surface area contributed by atoms with E-state index in [9.17, 15) is 0 Å². The van der Waals surface area contributed by atoms with Crippen molar-refractivity contribution >= 4 is 5.69 Å². The third kappa shape index (κ3) is 4.50. The van der Waals surface area contributed by atoms with Gasteiger partial charge >= 0.3 is 0 Å². The van der Waals surface area contributed by atoms with Gasteiger partial charge in [-0.25, -0.2) is 0 Å². The number of anilines is 1. The molecule has 3 nitrogen and oxygen atoms in total. The molecule has 1 atom stereocenters. The molecule has 1 heterocycles. The highest BCUT2D eigenvalue weighted by Crippen LogP contribution is 2.20. The Morgan fingerprint density at radius 1 is 1.10 bits per heavy atom. The largest absolute Gasteiger partial charge is 0.372 e. The lowest BCUT2D eigenvalue weighted by molar-refractivity contribution is 0.302. The van der Waals surface area contributed by atoms with Crippen molar-refractivity contribution in [1.82, 2.24) is 10.2 Å². The number of rotatable bonds is 6. The highest BCUT2D eigenvalue weighted by atomic mass is 15.1. The fraction of sp³-hybridized carbons (Fsp3) is 0.647. The van der Waals surface area contributed by atoms with Crippen LogP contribution in [-0.4, -0.2) is 44.7 Å². The van der Waals surface area contributed by atoms with E-state index in [4.69, 9.17) is 0 Å². The molecule has 0 radical (unpaired) electrons. The van der Waals surface area contributed by atoms with E-state index in [1.807, 2.05) is 0 Å². The summed E-state index contributed by atoms with van der Waals surface area (Å²) in [5.74, 6) is 0. The summed E-state index contributed by atoms with van der Waals surface area (Å²) >= 11 is 0. The number of nitrogens with one attached hydrogen (secondary N) is 1.